The maximum Gasteiger partial charge on any atom is 0.328 e. The van der Waals surface area contributed by atoms with Gasteiger partial charge in [0, 0.05) is 6.42 Å². The van der Waals surface area contributed by atoms with Crippen molar-refractivity contribution in [3.05, 3.63) is 35.9 Å². The van der Waals surface area contributed by atoms with Crippen LogP contribution < -0.4 is 27.4 Å². The molecular weight excluding hydrogens is 466 g/mol. The van der Waals surface area contributed by atoms with Crippen LogP contribution >= 0.6 is 0 Å². The van der Waals surface area contributed by atoms with Crippen LogP contribution in [0.25, 0.3) is 0 Å². The van der Waals surface area contributed by atoms with Gasteiger partial charge in [-0.1, -0.05) is 50.6 Å². The number of rotatable bonds is 16. The van der Waals surface area contributed by atoms with Gasteiger partial charge in [-0.3, -0.25) is 14.4 Å². The molecule has 1 rings (SSSR count). The maximum atomic E-state index is 13.2. The number of aliphatic carboxylic acids is 1. The summed E-state index contributed by atoms with van der Waals surface area (Å²) in [6, 6.07) is 4.44. The molecule has 202 valence electrons. The first kappa shape index (κ1) is 31.0. The molecule has 0 bridgehead atoms. The van der Waals surface area contributed by atoms with Crippen LogP contribution in [0.2, 0.25) is 0 Å². The van der Waals surface area contributed by atoms with Crippen molar-refractivity contribution in [2.24, 2.45) is 17.4 Å². The zero-order valence-electron chi connectivity index (χ0n) is 21.3. The van der Waals surface area contributed by atoms with E-state index >= 15 is 0 Å². The molecule has 0 spiro atoms. The van der Waals surface area contributed by atoms with Crippen LogP contribution in [0.1, 0.15) is 52.0 Å². The standard InChI is InChI=1S/C25H41N5O6/c1-15(2)13-19(28-22(32)18(27)11-7-8-12-26)23(33)29-20(14-17-9-5-4-6-10-17)24(34)30-21(16(3)31)25(35)36/h4-6,9-10,15-16,18-21,31H,7-8,11-14,26-27H2,1-3H3,(H,28,32)(H,29,33)(H,30,34)(H,35,36). The molecule has 1 aromatic rings. The largest absolute Gasteiger partial charge is 0.480 e. The lowest BCUT2D eigenvalue weighted by atomic mass is 10.00. The van der Waals surface area contributed by atoms with Crippen LogP contribution in [0.5, 0.6) is 0 Å². The van der Waals surface area contributed by atoms with Crippen LogP contribution in [-0.4, -0.2) is 70.7 Å². The van der Waals surface area contributed by atoms with Crippen molar-refractivity contribution < 1.29 is 29.4 Å². The van der Waals surface area contributed by atoms with E-state index in [0.717, 1.165) is 12.0 Å². The number of carboxylic acid groups (broad SMARTS) is 1. The van der Waals surface area contributed by atoms with E-state index in [-0.39, 0.29) is 12.3 Å². The van der Waals surface area contributed by atoms with E-state index < -0.39 is 54.0 Å². The van der Waals surface area contributed by atoms with Gasteiger partial charge < -0.3 is 37.6 Å². The number of amides is 3. The van der Waals surface area contributed by atoms with E-state index in [2.05, 4.69) is 16.0 Å². The molecule has 0 aliphatic heterocycles. The summed E-state index contributed by atoms with van der Waals surface area (Å²) in [7, 11) is 0. The van der Waals surface area contributed by atoms with Crippen molar-refractivity contribution in [3.63, 3.8) is 0 Å². The SMILES string of the molecule is CC(C)CC(NC(=O)C(N)CCCCN)C(=O)NC(Cc1ccccc1)C(=O)NC(C(=O)O)C(C)O. The smallest absolute Gasteiger partial charge is 0.328 e. The minimum Gasteiger partial charge on any atom is -0.480 e. The first-order valence-electron chi connectivity index (χ1n) is 12.3. The quantitative estimate of drug-likeness (QED) is 0.147. The topological polar surface area (TPSA) is 197 Å². The summed E-state index contributed by atoms with van der Waals surface area (Å²) >= 11 is 0. The molecule has 0 fully saturated rings. The Morgan fingerprint density at radius 1 is 0.889 bits per heavy atom. The number of unbranched alkanes of at least 4 members (excludes halogenated alkanes) is 1. The van der Waals surface area contributed by atoms with Gasteiger partial charge in [-0.2, -0.15) is 0 Å². The molecule has 5 unspecified atom stereocenters. The molecule has 0 aliphatic rings. The predicted molar refractivity (Wildman–Crippen MR) is 136 cm³/mol. The Bertz CT molecular complexity index is 849. The Labute approximate surface area is 212 Å². The fraction of sp³-hybridized carbons (Fsp3) is 0.600. The minimum atomic E-state index is -1.55. The molecule has 5 atom stereocenters. The number of nitrogens with one attached hydrogen (secondary N) is 3. The number of nitrogens with two attached hydrogens (primary N) is 2. The van der Waals surface area contributed by atoms with Gasteiger partial charge in [0.15, 0.2) is 6.04 Å². The number of hydrogen-bond donors (Lipinski definition) is 7. The second-order valence-electron chi connectivity index (χ2n) is 9.40. The predicted octanol–water partition coefficient (Wildman–Crippen LogP) is -0.349. The zero-order chi connectivity index (χ0) is 27.3. The molecule has 0 radical (unpaired) electrons. The fourth-order valence-corrected chi connectivity index (χ4v) is 3.60. The Hall–Kier alpha value is -3.02. The van der Waals surface area contributed by atoms with Gasteiger partial charge in [0.1, 0.15) is 12.1 Å². The van der Waals surface area contributed by atoms with Gasteiger partial charge in [-0.15, -0.1) is 0 Å². The molecule has 3 amide bonds. The summed E-state index contributed by atoms with van der Waals surface area (Å²) in [5.41, 5.74) is 12.2. The number of carboxylic acids is 1. The van der Waals surface area contributed by atoms with Crippen molar-refractivity contribution >= 4 is 23.7 Å². The lowest BCUT2D eigenvalue weighted by molar-refractivity contribution is -0.145. The van der Waals surface area contributed by atoms with Gasteiger partial charge in [0.05, 0.1) is 12.1 Å². The number of carbonyl (C=O) groups excluding carboxylic acids is 3. The lowest BCUT2D eigenvalue weighted by Crippen LogP contribution is -2.59. The third-order valence-corrected chi connectivity index (χ3v) is 5.61. The van der Waals surface area contributed by atoms with E-state index in [1.54, 1.807) is 30.3 Å². The fourth-order valence-electron chi connectivity index (χ4n) is 3.60. The first-order valence-corrected chi connectivity index (χ1v) is 12.3. The number of aliphatic hydroxyl groups excluding tert-OH is 1. The highest BCUT2D eigenvalue weighted by molar-refractivity contribution is 5.94. The van der Waals surface area contributed by atoms with E-state index in [1.165, 1.54) is 6.92 Å². The molecule has 1 aromatic carbocycles. The van der Waals surface area contributed by atoms with Gasteiger partial charge in [0.25, 0.3) is 0 Å². The van der Waals surface area contributed by atoms with E-state index in [4.69, 9.17) is 11.5 Å². The van der Waals surface area contributed by atoms with Gasteiger partial charge in [-0.05, 0) is 44.2 Å². The molecule has 0 saturated carbocycles. The van der Waals surface area contributed by atoms with E-state index in [9.17, 15) is 29.4 Å². The van der Waals surface area contributed by atoms with Crippen LogP contribution in [0, 0.1) is 5.92 Å². The van der Waals surface area contributed by atoms with E-state index in [0.29, 0.717) is 25.8 Å². The van der Waals surface area contributed by atoms with E-state index in [1.807, 2.05) is 13.8 Å². The Morgan fingerprint density at radius 3 is 2.00 bits per heavy atom. The Kier molecular flexibility index (Phi) is 13.7. The lowest BCUT2D eigenvalue weighted by Gasteiger charge is -2.26. The summed E-state index contributed by atoms with van der Waals surface area (Å²) in [5, 5.41) is 26.7. The molecule has 0 aliphatic carbocycles. The minimum absolute atomic E-state index is 0.0440. The molecule has 9 N–H and O–H groups in total. The molecule has 0 saturated heterocycles. The number of aliphatic hydroxyl groups is 1. The highest BCUT2D eigenvalue weighted by atomic mass is 16.4. The normalized spacial score (nSPS) is 15.3. The molecule has 0 aromatic heterocycles. The molecule has 0 heterocycles. The van der Waals surface area contributed by atoms with Crippen LogP contribution in [0.4, 0.5) is 0 Å². The summed E-state index contributed by atoms with van der Waals surface area (Å²) in [6.07, 6.45) is 0.863. The molecular formula is C25H41N5O6. The summed E-state index contributed by atoms with van der Waals surface area (Å²) in [6.45, 7) is 5.52. The Balaban J connectivity index is 3.06. The third-order valence-electron chi connectivity index (χ3n) is 5.61. The van der Waals surface area contributed by atoms with Crippen molar-refractivity contribution in [2.75, 3.05) is 6.54 Å². The zero-order valence-corrected chi connectivity index (χ0v) is 21.3. The maximum absolute atomic E-state index is 13.2. The van der Waals surface area contributed by atoms with Crippen LogP contribution in [0.15, 0.2) is 30.3 Å². The van der Waals surface area contributed by atoms with Crippen molar-refractivity contribution in [1.29, 1.82) is 0 Å². The molecule has 36 heavy (non-hydrogen) atoms. The van der Waals surface area contributed by atoms with Crippen LogP contribution in [-0.2, 0) is 25.6 Å². The van der Waals surface area contributed by atoms with Crippen molar-refractivity contribution in [3.8, 4) is 0 Å². The average Bonchev–Trinajstić information content (AvgIpc) is 2.81. The Morgan fingerprint density at radius 2 is 1.47 bits per heavy atom. The number of hydrogen-bond acceptors (Lipinski definition) is 7. The molecule has 11 nitrogen and oxygen atoms in total. The second kappa shape index (κ2) is 15.9. The second-order valence-corrected chi connectivity index (χ2v) is 9.40. The summed E-state index contributed by atoms with van der Waals surface area (Å²) < 4.78 is 0. The summed E-state index contributed by atoms with van der Waals surface area (Å²) in [4.78, 5) is 50.3. The summed E-state index contributed by atoms with van der Waals surface area (Å²) in [5.74, 6) is -3.20. The van der Waals surface area contributed by atoms with Gasteiger partial charge >= 0.3 is 5.97 Å². The number of benzene rings is 1. The van der Waals surface area contributed by atoms with Crippen LogP contribution in [0.3, 0.4) is 0 Å². The first-order chi connectivity index (χ1) is 17.0. The van der Waals surface area contributed by atoms with Gasteiger partial charge in [-0.25, -0.2) is 4.79 Å². The monoisotopic (exact) mass is 507 g/mol. The molecule has 11 heteroatoms. The average molecular weight is 508 g/mol. The number of carbonyl (C=O) groups is 4. The third kappa shape index (κ3) is 11.1. The van der Waals surface area contributed by atoms with Crippen molar-refractivity contribution in [2.45, 2.75) is 83.1 Å². The van der Waals surface area contributed by atoms with Gasteiger partial charge in [0.2, 0.25) is 17.7 Å². The highest BCUT2D eigenvalue weighted by Crippen LogP contribution is 2.09. The van der Waals surface area contributed by atoms with Crippen molar-refractivity contribution in [1.82, 2.24) is 16.0 Å². The highest BCUT2D eigenvalue weighted by Gasteiger charge is 2.32.